The van der Waals surface area contributed by atoms with Crippen LogP contribution in [0.3, 0.4) is 0 Å². The zero-order valence-electron chi connectivity index (χ0n) is 9.48. The van der Waals surface area contributed by atoms with E-state index < -0.39 is 0 Å². The smallest absolute Gasteiger partial charge is 0.218 e. The normalized spacial score (nSPS) is 14.1. The molecule has 0 unspecified atom stereocenters. The Balaban J connectivity index is 1.99. The second kappa shape index (κ2) is 5.82. The molecule has 1 amide bonds. The van der Waals surface area contributed by atoms with E-state index in [9.17, 15) is 4.79 Å². The van der Waals surface area contributed by atoms with E-state index in [4.69, 9.17) is 15.2 Å². The Labute approximate surface area is 104 Å². The third-order valence-corrected chi connectivity index (χ3v) is 3.33. The summed E-state index contributed by atoms with van der Waals surface area (Å²) in [7, 11) is 0. The topological polar surface area (TPSA) is 61.6 Å². The number of hydrogen-bond donors (Lipinski definition) is 1. The van der Waals surface area contributed by atoms with Crippen LogP contribution in [0, 0.1) is 0 Å². The standard InChI is InChI=1S/C12H15NO3S/c13-12(14)4-7-17-9-2-3-10-11(8-9)16-6-1-5-15-10/h2-3,8H,1,4-7H2,(H2,13,14). The predicted molar refractivity (Wildman–Crippen MR) is 66.6 cm³/mol. The Morgan fingerprint density at radius 2 is 2.06 bits per heavy atom. The molecule has 2 rings (SSSR count). The first kappa shape index (κ1) is 12.1. The molecule has 0 fully saturated rings. The van der Waals surface area contributed by atoms with Gasteiger partial charge in [0.15, 0.2) is 11.5 Å². The van der Waals surface area contributed by atoms with E-state index >= 15 is 0 Å². The number of amides is 1. The Bertz CT molecular complexity index is 409. The predicted octanol–water partition coefficient (Wildman–Crippen LogP) is 1.82. The molecule has 0 spiro atoms. The number of fused-ring (bicyclic) bond motifs is 1. The largest absolute Gasteiger partial charge is 0.490 e. The average molecular weight is 253 g/mol. The fourth-order valence-corrected chi connectivity index (χ4v) is 2.40. The lowest BCUT2D eigenvalue weighted by atomic mass is 10.3. The lowest BCUT2D eigenvalue weighted by Crippen LogP contribution is -2.10. The lowest BCUT2D eigenvalue weighted by Gasteiger charge is -2.08. The molecule has 0 atom stereocenters. The Morgan fingerprint density at radius 1 is 1.29 bits per heavy atom. The average Bonchev–Trinajstić information content (AvgIpc) is 2.53. The fourth-order valence-electron chi connectivity index (χ4n) is 1.50. The summed E-state index contributed by atoms with van der Waals surface area (Å²) in [6.45, 7) is 1.38. The highest BCUT2D eigenvalue weighted by molar-refractivity contribution is 7.99. The number of ether oxygens (including phenoxy) is 2. The van der Waals surface area contributed by atoms with Gasteiger partial charge in [-0.25, -0.2) is 0 Å². The number of rotatable bonds is 4. The second-order valence-electron chi connectivity index (χ2n) is 3.72. The molecule has 1 heterocycles. The van der Waals surface area contributed by atoms with Crippen LogP contribution in [0.25, 0.3) is 0 Å². The minimum Gasteiger partial charge on any atom is -0.490 e. The van der Waals surface area contributed by atoms with Crippen molar-refractivity contribution in [3.8, 4) is 11.5 Å². The number of hydrogen-bond acceptors (Lipinski definition) is 4. The van der Waals surface area contributed by atoms with Gasteiger partial charge in [0.2, 0.25) is 5.91 Å². The van der Waals surface area contributed by atoms with Crippen LogP contribution < -0.4 is 15.2 Å². The number of benzene rings is 1. The molecule has 4 nitrogen and oxygen atoms in total. The Kier molecular flexibility index (Phi) is 4.14. The van der Waals surface area contributed by atoms with E-state index in [2.05, 4.69) is 0 Å². The number of thioether (sulfide) groups is 1. The van der Waals surface area contributed by atoms with Gasteiger partial charge in [0.1, 0.15) is 0 Å². The fraction of sp³-hybridized carbons (Fsp3) is 0.417. The van der Waals surface area contributed by atoms with Crippen LogP contribution in [-0.2, 0) is 4.79 Å². The van der Waals surface area contributed by atoms with E-state index in [1.807, 2.05) is 18.2 Å². The summed E-state index contributed by atoms with van der Waals surface area (Å²) in [5.74, 6) is 2.00. The number of carbonyl (C=O) groups is 1. The van der Waals surface area contributed by atoms with E-state index in [-0.39, 0.29) is 5.91 Å². The van der Waals surface area contributed by atoms with Gasteiger partial charge in [0, 0.05) is 23.5 Å². The van der Waals surface area contributed by atoms with Crippen LogP contribution in [0.1, 0.15) is 12.8 Å². The summed E-state index contributed by atoms with van der Waals surface area (Å²) in [6, 6.07) is 5.83. The molecule has 2 N–H and O–H groups in total. The van der Waals surface area contributed by atoms with Crippen molar-refractivity contribution in [1.82, 2.24) is 0 Å². The Morgan fingerprint density at radius 3 is 2.82 bits per heavy atom. The summed E-state index contributed by atoms with van der Waals surface area (Å²) in [5.41, 5.74) is 5.09. The summed E-state index contributed by atoms with van der Waals surface area (Å²) in [5, 5.41) is 0. The minimum absolute atomic E-state index is 0.271. The van der Waals surface area contributed by atoms with Crippen LogP contribution in [0.4, 0.5) is 0 Å². The number of nitrogens with two attached hydrogens (primary N) is 1. The van der Waals surface area contributed by atoms with Crippen molar-refractivity contribution >= 4 is 17.7 Å². The lowest BCUT2D eigenvalue weighted by molar-refractivity contribution is -0.117. The molecule has 17 heavy (non-hydrogen) atoms. The molecule has 1 aliphatic rings. The van der Waals surface area contributed by atoms with Crippen molar-refractivity contribution < 1.29 is 14.3 Å². The molecule has 0 saturated heterocycles. The number of primary amides is 1. The maximum absolute atomic E-state index is 10.6. The molecule has 1 aromatic rings. The Hall–Kier alpha value is -1.36. The summed E-state index contributed by atoms with van der Waals surface area (Å²) >= 11 is 1.59. The molecule has 0 radical (unpaired) electrons. The molecule has 1 aromatic carbocycles. The van der Waals surface area contributed by atoms with E-state index in [0.717, 1.165) is 22.8 Å². The van der Waals surface area contributed by atoms with Crippen molar-refractivity contribution in [3.63, 3.8) is 0 Å². The van der Waals surface area contributed by atoms with E-state index in [1.54, 1.807) is 11.8 Å². The SMILES string of the molecule is NC(=O)CCSc1ccc2c(c1)OCCCO2. The maximum atomic E-state index is 10.6. The van der Waals surface area contributed by atoms with Gasteiger partial charge in [-0.3, -0.25) is 4.79 Å². The monoisotopic (exact) mass is 253 g/mol. The van der Waals surface area contributed by atoms with Crippen LogP contribution in [-0.4, -0.2) is 24.9 Å². The maximum Gasteiger partial charge on any atom is 0.218 e. The van der Waals surface area contributed by atoms with Crippen LogP contribution in [0.5, 0.6) is 11.5 Å². The first-order chi connectivity index (χ1) is 8.25. The van der Waals surface area contributed by atoms with Crippen molar-refractivity contribution in [2.24, 2.45) is 5.73 Å². The van der Waals surface area contributed by atoms with Gasteiger partial charge >= 0.3 is 0 Å². The van der Waals surface area contributed by atoms with E-state index in [0.29, 0.717) is 25.4 Å². The van der Waals surface area contributed by atoms with Crippen molar-refractivity contribution in [2.75, 3.05) is 19.0 Å². The van der Waals surface area contributed by atoms with Crippen molar-refractivity contribution in [1.29, 1.82) is 0 Å². The summed E-state index contributed by atoms with van der Waals surface area (Å²) in [4.78, 5) is 11.7. The molecular formula is C12H15NO3S. The zero-order valence-corrected chi connectivity index (χ0v) is 10.3. The van der Waals surface area contributed by atoms with Crippen molar-refractivity contribution in [3.05, 3.63) is 18.2 Å². The van der Waals surface area contributed by atoms with Gasteiger partial charge < -0.3 is 15.2 Å². The highest BCUT2D eigenvalue weighted by Gasteiger charge is 2.10. The van der Waals surface area contributed by atoms with Gasteiger partial charge in [-0.15, -0.1) is 11.8 Å². The molecular weight excluding hydrogens is 238 g/mol. The van der Waals surface area contributed by atoms with Gasteiger partial charge in [-0.1, -0.05) is 0 Å². The van der Waals surface area contributed by atoms with Gasteiger partial charge in [-0.2, -0.15) is 0 Å². The van der Waals surface area contributed by atoms with Gasteiger partial charge in [-0.05, 0) is 18.2 Å². The van der Waals surface area contributed by atoms with Crippen LogP contribution in [0.15, 0.2) is 23.1 Å². The minimum atomic E-state index is -0.271. The third-order valence-electron chi connectivity index (χ3n) is 2.34. The molecule has 1 aliphatic heterocycles. The molecule has 0 aromatic heterocycles. The zero-order chi connectivity index (χ0) is 12.1. The van der Waals surface area contributed by atoms with Gasteiger partial charge in [0.05, 0.1) is 13.2 Å². The molecule has 0 aliphatic carbocycles. The first-order valence-electron chi connectivity index (χ1n) is 5.56. The highest BCUT2D eigenvalue weighted by atomic mass is 32.2. The van der Waals surface area contributed by atoms with Gasteiger partial charge in [0.25, 0.3) is 0 Å². The van der Waals surface area contributed by atoms with Crippen LogP contribution in [0.2, 0.25) is 0 Å². The molecule has 92 valence electrons. The number of carbonyl (C=O) groups excluding carboxylic acids is 1. The third kappa shape index (κ3) is 3.56. The van der Waals surface area contributed by atoms with E-state index in [1.165, 1.54) is 0 Å². The molecule has 0 saturated carbocycles. The second-order valence-corrected chi connectivity index (χ2v) is 4.89. The quantitative estimate of drug-likeness (QED) is 0.831. The summed E-state index contributed by atoms with van der Waals surface area (Å²) < 4.78 is 11.1. The molecule has 5 heteroatoms. The van der Waals surface area contributed by atoms with Crippen molar-refractivity contribution in [2.45, 2.75) is 17.7 Å². The summed E-state index contributed by atoms with van der Waals surface area (Å²) in [6.07, 6.45) is 1.29. The molecule has 0 bridgehead atoms. The highest BCUT2D eigenvalue weighted by Crippen LogP contribution is 2.33. The first-order valence-corrected chi connectivity index (χ1v) is 6.55. The van der Waals surface area contributed by atoms with Crippen LogP contribution >= 0.6 is 11.8 Å².